The molecule has 8 heteroatoms. The predicted molar refractivity (Wildman–Crippen MR) is 87.2 cm³/mol. The summed E-state index contributed by atoms with van der Waals surface area (Å²) in [6.07, 6.45) is 1.17. The quantitative estimate of drug-likeness (QED) is 0.698. The Morgan fingerprint density at radius 3 is 2.91 bits per heavy atom. The zero-order valence-corrected chi connectivity index (χ0v) is 13.9. The van der Waals surface area contributed by atoms with Gasteiger partial charge in [0.1, 0.15) is 10.7 Å². The molecule has 0 atom stereocenters. The second kappa shape index (κ2) is 8.07. The number of carbonyl (C=O) groups is 1. The number of rotatable bonds is 8. The van der Waals surface area contributed by atoms with Gasteiger partial charge in [-0.25, -0.2) is 13.4 Å². The lowest BCUT2D eigenvalue weighted by molar-refractivity contribution is -0.121. The number of amidine groups is 1. The fraction of sp³-hybridized carbons (Fsp3) is 0.467. The summed E-state index contributed by atoms with van der Waals surface area (Å²) in [5, 5.41) is 2.77. The minimum absolute atomic E-state index is 0.137. The van der Waals surface area contributed by atoms with Gasteiger partial charge in [-0.3, -0.25) is 9.52 Å². The fourth-order valence-electron chi connectivity index (χ4n) is 2.13. The van der Waals surface area contributed by atoms with Crippen molar-refractivity contribution in [2.75, 3.05) is 19.8 Å². The Bertz CT molecular complexity index is 686. The van der Waals surface area contributed by atoms with Crippen LogP contribution in [-0.4, -0.2) is 39.9 Å². The monoisotopic (exact) mass is 339 g/mol. The minimum Gasteiger partial charge on any atom is -0.382 e. The van der Waals surface area contributed by atoms with Gasteiger partial charge in [-0.05, 0) is 25.5 Å². The predicted octanol–water partition coefficient (Wildman–Crippen LogP) is 1.33. The highest BCUT2D eigenvalue weighted by molar-refractivity contribution is 7.90. The summed E-state index contributed by atoms with van der Waals surface area (Å²) in [6.45, 7) is 3.73. The van der Waals surface area contributed by atoms with Gasteiger partial charge in [0, 0.05) is 32.6 Å². The van der Waals surface area contributed by atoms with Crippen LogP contribution in [0.15, 0.2) is 34.2 Å². The van der Waals surface area contributed by atoms with Crippen LogP contribution in [0.25, 0.3) is 0 Å². The molecule has 0 aromatic heterocycles. The van der Waals surface area contributed by atoms with Crippen molar-refractivity contribution in [1.82, 2.24) is 10.0 Å². The molecule has 0 bridgehead atoms. The maximum atomic E-state index is 12.1. The molecule has 0 aliphatic carbocycles. The van der Waals surface area contributed by atoms with Gasteiger partial charge in [-0.15, -0.1) is 0 Å². The summed E-state index contributed by atoms with van der Waals surface area (Å²) in [5.74, 6) is 0.149. The van der Waals surface area contributed by atoms with E-state index in [9.17, 15) is 13.2 Å². The van der Waals surface area contributed by atoms with Crippen molar-refractivity contribution in [3.05, 3.63) is 24.3 Å². The molecular formula is C15H21N3O4S. The smallest absolute Gasteiger partial charge is 0.264 e. The van der Waals surface area contributed by atoms with Gasteiger partial charge in [0.25, 0.3) is 10.0 Å². The molecule has 2 rings (SSSR count). The number of nitrogens with zero attached hydrogens (tertiary/aromatic N) is 1. The van der Waals surface area contributed by atoms with Crippen molar-refractivity contribution >= 4 is 27.5 Å². The second-order valence-corrected chi connectivity index (χ2v) is 6.68. The molecule has 0 saturated carbocycles. The molecule has 1 heterocycles. The molecule has 2 N–H and O–H groups in total. The Hall–Kier alpha value is -1.93. The zero-order valence-electron chi connectivity index (χ0n) is 13.0. The first kappa shape index (κ1) is 17.4. The Morgan fingerprint density at radius 2 is 2.13 bits per heavy atom. The number of amides is 1. The minimum atomic E-state index is -3.60. The number of hydrogen-bond donors (Lipinski definition) is 2. The van der Waals surface area contributed by atoms with E-state index in [1.165, 1.54) is 6.07 Å². The largest absolute Gasteiger partial charge is 0.382 e. The third kappa shape index (κ3) is 5.04. The SMILES string of the molecule is CCOCCCNC(=O)CCC1=Nc2ccccc2S(=O)(=O)N1. The number of carbonyl (C=O) groups excluding carboxylic acids is 1. The van der Waals surface area contributed by atoms with E-state index in [-0.39, 0.29) is 29.5 Å². The molecule has 1 aliphatic rings. The van der Waals surface area contributed by atoms with Crippen LogP contribution in [0.1, 0.15) is 26.2 Å². The van der Waals surface area contributed by atoms with Crippen LogP contribution in [0.5, 0.6) is 0 Å². The summed E-state index contributed by atoms with van der Waals surface area (Å²) < 4.78 is 31.8. The highest BCUT2D eigenvalue weighted by atomic mass is 32.2. The standard InChI is InChI=1S/C15H21N3O4S/c1-2-22-11-5-10-16-15(19)9-8-14-17-12-6-3-4-7-13(12)23(20,21)18-14/h3-4,6-7H,2,5,8-11H2,1H3,(H,16,19)(H,17,18). The molecule has 1 aromatic rings. The van der Waals surface area contributed by atoms with E-state index < -0.39 is 10.0 Å². The van der Waals surface area contributed by atoms with Crippen molar-refractivity contribution in [1.29, 1.82) is 0 Å². The van der Waals surface area contributed by atoms with E-state index in [0.717, 1.165) is 6.42 Å². The van der Waals surface area contributed by atoms with Crippen molar-refractivity contribution in [3.8, 4) is 0 Å². The number of ether oxygens (including phenoxy) is 1. The molecule has 23 heavy (non-hydrogen) atoms. The normalized spacial score (nSPS) is 15.3. The highest BCUT2D eigenvalue weighted by Gasteiger charge is 2.24. The molecule has 0 fully saturated rings. The molecule has 0 spiro atoms. The van der Waals surface area contributed by atoms with Crippen molar-refractivity contribution < 1.29 is 17.9 Å². The number of hydrogen-bond acceptors (Lipinski definition) is 5. The Kier molecular flexibility index (Phi) is 6.12. The fourth-order valence-corrected chi connectivity index (χ4v) is 3.34. The molecule has 1 aliphatic heterocycles. The number of aliphatic imine (C=N–C) groups is 1. The maximum absolute atomic E-state index is 12.1. The summed E-state index contributed by atoms with van der Waals surface area (Å²) >= 11 is 0. The number of fused-ring (bicyclic) bond motifs is 1. The zero-order chi connectivity index (χ0) is 16.7. The van der Waals surface area contributed by atoms with E-state index in [1.807, 2.05) is 6.92 Å². The Labute approximate surface area is 136 Å². The van der Waals surface area contributed by atoms with Crippen molar-refractivity contribution in [2.45, 2.75) is 31.1 Å². The lowest BCUT2D eigenvalue weighted by Crippen LogP contribution is -2.34. The van der Waals surface area contributed by atoms with E-state index in [0.29, 0.717) is 25.4 Å². The molecule has 126 valence electrons. The number of para-hydroxylation sites is 1. The van der Waals surface area contributed by atoms with Gasteiger partial charge < -0.3 is 10.1 Å². The van der Waals surface area contributed by atoms with Crippen molar-refractivity contribution in [2.24, 2.45) is 4.99 Å². The summed E-state index contributed by atoms with van der Waals surface area (Å²) in [6, 6.07) is 6.52. The van der Waals surface area contributed by atoms with E-state index in [4.69, 9.17) is 4.74 Å². The van der Waals surface area contributed by atoms with Gasteiger partial charge in [0.15, 0.2) is 0 Å². The highest BCUT2D eigenvalue weighted by Crippen LogP contribution is 2.27. The van der Waals surface area contributed by atoms with Crippen LogP contribution in [0, 0.1) is 0 Å². The molecular weight excluding hydrogens is 318 g/mol. The maximum Gasteiger partial charge on any atom is 0.264 e. The average molecular weight is 339 g/mol. The van der Waals surface area contributed by atoms with E-state index in [1.54, 1.807) is 18.2 Å². The number of nitrogens with one attached hydrogen (secondary N) is 2. The number of sulfonamides is 1. The first-order valence-corrected chi connectivity index (χ1v) is 9.05. The van der Waals surface area contributed by atoms with E-state index >= 15 is 0 Å². The van der Waals surface area contributed by atoms with Crippen LogP contribution in [0.2, 0.25) is 0 Å². The second-order valence-electron chi connectivity index (χ2n) is 5.03. The number of benzene rings is 1. The van der Waals surface area contributed by atoms with Crippen LogP contribution in [0.4, 0.5) is 5.69 Å². The molecule has 0 radical (unpaired) electrons. The Morgan fingerprint density at radius 1 is 1.35 bits per heavy atom. The van der Waals surface area contributed by atoms with Gasteiger partial charge >= 0.3 is 0 Å². The molecule has 1 amide bonds. The molecule has 1 aromatic carbocycles. The Balaban J connectivity index is 1.85. The lowest BCUT2D eigenvalue weighted by Gasteiger charge is -2.17. The van der Waals surface area contributed by atoms with Crippen LogP contribution >= 0.6 is 0 Å². The van der Waals surface area contributed by atoms with Crippen LogP contribution in [-0.2, 0) is 19.6 Å². The summed E-state index contributed by atoms with van der Waals surface area (Å²) in [7, 11) is -3.60. The average Bonchev–Trinajstić information content (AvgIpc) is 2.52. The van der Waals surface area contributed by atoms with E-state index in [2.05, 4.69) is 15.0 Å². The first-order chi connectivity index (χ1) is 11.0. The topological polar surface area (TPSA) is 96.9 Å². The van der Waals surface area contributed by atoms with Gasteiger partial charge in [-0.2, -0.15) is 0 Å². The van der Waals surface area contributed by atoms with Crippen LogP contribution < -0.4 is 10.0 Å². The third-order valence-electron chi connectivity index (χ3n) is 3.24. The molecule has 7 nitrogen and oxygen atoms in total. The van der Waals surface area contributed by atoms with Gasteiger partial charge in [-0.1, -0.05) is 12.1 Å². The van der Waals surface area contributed by atoms with Crippen molar-refractivity contribution in [3.63, 3.8) is 0 Å². The molecule has 0 unspecified atom stereocenters. The molecule has 0 saturated heterocycles. The van der Waals surface area contributed by atoms with Gasteiger partial charge in [0.05, 0.1) is 5.69 Å². The lowest BCUT2D eigenvalue weighted by atomic mass is 10.2. The van der Waals surface area contributed by atoms with Gasteiger partial charge in [0.2, 0.25) is 5.91 Å². The summed E-state index contributed by atoms with van der Waals surface area (Å²) in [5.41, 5.74) is 0.401. The third-order valence-corrected chi connectivity index (χ3v) is 4.67. The summed E-state index contributed by atoms with van der Waals surface area (Å²) in [4.78, 5) is 16.2. The first-order valence-electron chi connectivity index (χ1n) is 7.57. The van der Waals surface area contributed by atoms with Crippen LogP contribution in [0.3, 0.4) is 0 Å².